The molecule has 20 heavy (non-hydrogen) atoms. The van der Waals surface area contributed by atoms with Gasteiger partial charge in [-0.15, -0.1) is 0 Å². The van der Waals surface area contributed by atoms with Gasteiger partial charge in [-0.3, -0.25) is 0 Å². The Bertz CT molecular complexity index is 682. The summed E-state index contributed by atoms with van der Waals surface area (Å²) >= 11 is 1.57. The third kappa shape index (κ3) is 2.61. The van der Waals surface area contributed by atoms with E-state index in [1.165, 1.54) is 5.39 Å². The van der Waals surface area contributed by atoms with Crippen LogP contribution in [0.3, 0.4) is 0 Å². The Balaban J connectivity index is 1.93. The number of aromatic amines is 1. The van der Waals surface area contributed by atoms with E-state index in [9.17, 15) is 0 Å². The fourth-order valence-electron chi connectivity index (χ4n) is 1.97. The van der Waals surface area contributed by atoms with E-state index in [4.69, 9.17) is 5.84 Å². The topological polar surface area (TPSA) is 79.6 Å². The van der Waals surface area contributed by atoms with E-state index >= 15 is 0 Å². The van der Waals surface area contributed by atoms with Crippen LogP contribution in [0.1, 0.15) is 12.7 Å². The lowest BCUT2D eigenvalue weighted by Crippen LogP contribution is -2.10. The van der Waals surface area contributed by atoms with Gasteiger partial charge in [0.2, 0.25) is 0 Å². The minimum absolute atomic E-state index is 0.635. The summed E-state index contributed by atoms with van der Waals surface area (Å²) in [4.78, 5) is 12.2. The van der Waals surface area contributed by atoms with Gasteiger partial charge in [0.25, 0.3) is 0 Å². The van der Waals surface area contributed by atoms with Crippen LogP contribution < -0.4 is 11.3 Å². The molecule has 3 aromatic rings. The van der Waals surface area contributed by atoms with Crippen molar-refractivity contribution < 1.29 is 0 Å². The number of para-hydroxylation sites is 1. The van der Waals surface area contributed by atoms with E-state index in [0.29, 0.717) is 5.82 Å². The van der Waals surface area contributed by atoms with Crippen molar-refractivity contribution in [1.29, 1.82) is 0 Å². The maximum atomic E-state index is 5.44. The third-order valence-corrected chi connectivity index (χ3v) is 3.79. The van der Waals surface area contributed by atoms with Gasteiger partial charge in [-0.1, -0.05) is 36.9 Å². The molecule has 0 bridgehead atoms. The zero-order chi connectivity index (χ0) is 13.9. The standard InChI is InChI=1S/C14H15N5S/c1-2-11-17-12(19-15)8-14(18-11)20-13-7-9-5-3-4-6-10(9)16-13/h3-8,16H,2,15H2,1H3,(H,17,18,19). The summed E-state index contributed by atoms with van der Waals surface area (Å²) < 4.78 is 0. The number of nitrogens with two attached hydrogens (primary N) is 1. The molecule has 0 saturated heterocycles. The van der Waals surface area contributed by atoms with Crippen molar-refractivity contribution in [3.63, 3.8) is 0 Å². The van der Waals surface area contributed by atoms with E-state index in [1.54, 1.807) is 11.8 Å². The maximum absolute atomic E-state index is 5.44. The van der Waals surface area contributed by atoms with Gasteiger partial charge in [-0.2, -0.15) is 0 Å². The van der Waals surface area contributed by atoms with Gasteiger partial charge < -0.3 is 10.4 Å². The number of hydrogen-bond acceptors (Lipinski definition) is 5. The number of fused-ring (bicyclic) bond motifs is 1. The highest BCUT2D eigenvalue weighted by atomic mass is 32.2. The fraction of sp³-hybridized carbons (Fsp3) is 0.143. The average Bonchev–Trinajstić information content (AvgIpc) is 2.88. The van der Waals surface area contributed by atoms with E-state index in [-0.39, 0.29) is 0 Å². The third-order valence-electron chi connectivity index (χ3n) is 2.93. The van der Waals surface area contributed by atoms with Gasteiger partial charge in [0.1, 0.15) is 16.7 Å². The highest BCUT2D eigenvalue weighted by Gasteiger charge is 2.07. The molecule has 2 aromatic heterocycles. The molecular formula is C14H15N5S. The van der Waals surface area contributed by atoms with Crippen LogP contribution in [0, 0.1) is 0 Å². The fourth-order valence-corrected chi connectivity index (χ4v) is 2.87. The first-order chi connectivity index (χ1) is 9.78. The van der Waals surface area contributed by atoms with Crippen molar-refractivity contribution in [3.05, 3.63) is 42.2 Å². The van der Waals surface area contributed by atoms with Crippen molar-refractivity contribution in [2.45, 2.75) is 23.4 Å². The smallest absolute Gasteiger partial charge is 0.144 e. The first-order valence-electron chi connectivity index (χ1n) is 6.38. The van der Waals surface area contributed by atoms with E-state index < -0.39 is 0 Å². The summed E-state index contributed by atoms with van der Waals surface area (Å²) in [5.74, 6) is 6.85. The summed E-state index contributed by atoms with van der Waals surface area (Å²) in [5.41, 5.74) is 3.70. The first-order valence-corrected chi connectivity index (χ1v) is 7.20. The van der Waals surface area contributed by atoms with Gasteiger partial charge in [0.05, 0.1) is 5.03 Å². The number of aromatic nitrogens is 3. The van der Waals surface area contributed by atoms with E-state index in [0.717, 1.165) is 27.8 Å². The zero-order valence-corrected chi connectivity index (χ0v) is 11.9. The zero-order valence-electron chi connectivity index (χ0n) is 11.1. The number of nitrogens with one attached hydrogen (secondary N) is 2. The molecule has 1 aromatic carbocycles. The van der Waals surface area contributed by atoms with Crippen LogP contribution in [-0.2, 0) is 6.42 Å². The molecule has 0 spiro atoms. The van der Waals surface area contributed by atoms with Crippen LogP contribution in [0.4, 0.5) is 5.82 Å². The van der Waals surface area contributed by atoms with Crippen LogP contribution >= 0.6 is 11.8 Å². The van der Waals surface area contributed by atoms with Gasteiger partial charge in [-0.05, 0) is 12.1 Å². The number of benzene rings is 1. The lowest BCUT2D eigenvalue weighted by Gasteiger charge is -2.05. The van der Waals surface area contributed by atoms with Gasteiger partial charge in [0, 0.05) is 23.4 Å². The van der Waals surface area contributed by atoms with Crippen molar-refractivity contribution in [2.75, 3.05) is 5.43 Å². The Hall–Kier alpha value is -2.05. The molecular weight excluding hydrogens is 270 g/mol. The Morgan fingerprint density at radius 1 is 1.25 bits per heavy atom. The van der Waals surface area contributed by atoms with E-state index in [2.05, 4.69) is 38.6 Å². The SMILES string of the molecule is CCc1nc(NN)cc(Sc2cc3ccccc3[nH]2)n1. The molecule has 0 aliphatic heterocycles. The Morgan fingerprint density at radius 3 is 2.85 bits per heavy atom. The van der Waals surface area contributed by atoms with Crippen molar-refractivity contribution >= 4 is 28.5 Å². The summed E-state index contributed by atoms with van der Waals surface area (Å²) in [5, 5.41) is 3.11. The minimum atomic E-state index is 0.635. The monoisotopic (exact) mass is 285 g/mol. The Labute approximate surface area is 121 Å². The highest BCUT2D eigenvalue weighted by Crippen LogP contribution is 2.29. The molecule has 0 amide bonds. The van der Waals surface area contributed by atoms with E-state index in [1.807, 2.05) is 25.1 Å². The lowest BCUT2D eigenvalue weighted by molar-refractivity contribution is 0.887. The van der Waals surface area contributed by atoms with Crippen molar-refractivity contribution in [3.8, 4) is 0 Å². The number of H-pyrrole nitrogens is 1. The average molecular weight is 285 g/mol. The Morgan fingerprint density at radius 2 is 2.10 bits per heavy atom. The second-order valence-corrected chi connectivity index (χ2v) is 5.39. The normalized spacial score (nSPS) is 10.9. The molecule has 0 unspecified atom stereocenters. The number of hydrogen-bond donors (Lipinski definition) is 3. The van der Waals surface area contributed by atoms with Crippen LogP contribution in [0.25, 0.3) is 10.9 Å². The molecule has 3 rings (SSSR count). The first kappa shape index (κ1) is 13.0. The molecule has 0 fully saturated rings. The molecule has 0 atom stereocenters. The molecule has 0 aliphatic carbocycles. The molecule has 4 N–H and O–H groups in total. The molecule has 0 aliphatic rings. The summed E-state index contributed by atoms with van der Waals surface area (Å²) in [6.45, 7) is 2.02. The quantitative estimate of drug-likeness (QED) is 0.390. The number of nitrogen functional groups attached to an aromatic ring is 1. The Kier molecular flexibility index (Phi) is 3.58. The van der Waals surface area contributed by atoms with Gasteiger partial charge in [-0.25, -0.2) is 15.8 Å². The van der Waals surface area contributed by atoms with Crippen LogP contribution in [0.2, 0.25) is 0 Å². The second-order valence-electron chi connectivity index (χ2n) is 4.33. The van der Waals surface area contributed by atoms with Crippen LogP contribution in [0.15, 0.2) is 46.5 Å². The largest absolute Gasteiger partial charge is 0.349 e. The van der Waals surface area contributed by atoms with Crippen molar-refractivity contribution in [1.82, 2.24) is 15.0 Å². The van der Waals surface area contributed by atoms with Crippen LogP contribution in [0.5, 0.6) is 0 Å². The number of anilines is 1. The predicted octanol–water partition coefficient (Wildman–Crippen LogP) is 2.96. The number of rotatable bonds is 4. The molecule has 0 radical (unpaired) electrons. The van der Waals surface area contributed by atoms with Gasteiger partial charge in [0.15, 0.2) is 0 Å². The number of nitrogens with zero attached hydrogens (tertiary/aromatic N) is 2. The summed E-state index contributed by atoms with van der Waals surface area (Å²) in [6, 6.07) is 12.1. The van der Waals surface area contributed by atoms with Crippen molar-refractivity contribution in [2.24, 2.45) is 5.84 Å². The maximum Gasteiger partial charge on any atom is 0.144 e. The predicted molar refractivity (Wildman–Crippen MR) is 81.6 cm³/mol. The molecule has 0 saturated carbocycles. The molecule has 102 valence electrons. The highest BCUT2D eigenvalue weighted by molar-refractivity contribution is 7.99. The molecule has 6 heteroatoms. The lowest BCUT2D eigenvalue weighted by atomic mass is 10.3. The molecule has 2 heterocycles. The summed E-state index contributed by atoms with van der Waals surface area (Å²) in [6.07, 6.45) is 0.774. The minimum Gasteiger partial charge on any atom is -0.349 e. The van der Waals surface area contributed by atoms with Crippen LogP contribution in [-0.4, -0.2) is 15.0 Å². The van der Waals surface area contributed by atoms with Gasteiger partial charge >= 0.3 is 0 Å². The second kappa shape index (κ2) is 5.52. The number of hydrazine groups is 1. The number of aryl methyl sites for hydroxylation is 1. The molecule has 5 nitrogen and oxygen atoms in total. The summed E-state index contributed by atoms with van der Waals surface area (Å²) in [7, 11) is 0.